The number of nitrogens with zero attached hydrogens (tertiary/aromatic N) is 1. The Bertz CT molecular complexity index is 519. The Morgan fingerprint density at radius 2 is 1.96 bits per heavy atom. The molecule has 1 aromatic rings. The first-order chi connectivity index (χ1) is 10.9. The topological polar surface area (TPSA) is 61.8 Å². The molecule has 1 atom stereocenters. The van der Waals surface area contributed by atoms with Crippen molar-refractivity contribution in [2.75, 3.05) is 39.4 Å². The van der Waals surface area contributed by atoms with Gasteiger partial charge in [0.1, 0.15) is 0 Å². The van der Waals surface area contributed by atoms with Gasteiger partial charge in [0, 0.05) is 31.7 Å². The monoisotopic (exact) mass is 320 g/mol. The zero-order valence-corrected chi connectivity index (χ0v) is 14.3. The molecule has 0 aromatic heterocycles. The van der Waals surface area contributed by atoms with Crippen LogP contribution in [0.15, 0.2) is 24.3 Å². The molecule has 2 N–H and O–H groups in total. The number of aliphatic hydroxyl groups excluding tert-OH is 1. The number of rotatable bonds is 5. The second-order valence-electron chi connectivity index (χ2n) is 7.07. The molecule has 1 amide bonds. The molecular formula is C18H28N2O3. The lowest BCUT2D eigenvalue weighted by atomic mass is 9.83. The largest absolute Gasteiger partial charge is 0.390 e. The Labute approximate surface area is 138 Å². The number of aliphatic hydroxyl groups is 1. The molecule has 1 fully saturated rings. The van der Waals surface area contributed by atoms with Crippen LogP contribution in [0.5, 0.6) is 0 Å². The molecule has 0 saturated carbocycles. The first-order valence-electron chi connectivity index (χ1n) is 8.24. The third kappa shape index (κ3) is 5.30. The number of morpholine rings is 1. The van der Waals surface area contributed by atoms with Crippen molar-refractivity contribution in [1.29, 1.82) is 0 Å². The number of amides is 1. The Morgan fingerprint density at radius 3 is 2.61 bits per heavy atom. The number of ether oxygens (including phenoxy) is 1. The van der Waals surface area contributed by atoms with E-state index < -0.39 is 6.10 Å². The normalized spacial score (nSPS) is 17.7. The zero-order valence-electron chi connectivity index (χ0n) is 14.3. The molecule has 1 saturated heterocycles. The number of β-amino-alcohol motifs (C(OH)–C–C–N with tert-alkyl or cyclic N) is 1. The highest BCUT2D eigenvalue weighted by molar-refractivity contribution is 5.96. The van der Waals surface area contributed by atoms with Gasteiger partial charge in [-0.1, -0.05) is 39.0 Å². The molecule has 0 bridgehead atoms. The predicted molar refractivity (Wildman–Crippen MR) is 90.7 cm³/mol. The van der Waals surface area contributed by atoms with E-state index in [1.54, 1.807) is 0 Å². The molecule has 5 heteroatoms. The summed E-state index contributed by atoms with van der Waals surface area (Å²) in [5.41, 5.74) is 1.60. The maximum absolute atomic E-state index is 12.5. The van der Waals surface area contributed by atoms with Gasteiger partial charge in [-0.2, -0.15) is 0 Å². The van der Waals surface area contributed by atoms with Crippen LogP contribution < -0.4 is 5.32 Å². The van der Waals surface area contributed by atoms with Crippen LogP contribution in [-0.4, -0.2) is 61.4 Å². The summed E-state index contributed by atoms with van der Waals surface area (Å²) >= 11 is 0. The molecule has 0 radical (unpaired) electrons. The molecule has 1 heterocycles. The molecule has 128 valence electrons. The third-order valence-corrected chi connectivity index (χ3v) is 4.05. The van der Waals surface area contributed by atoms with Crippen molar-refractivity contribution in [2.45, 2.75) is 32.3 Å². The average molecular weight is 320 g/mol. The molecule has 1 aromatic carbocycles. The predicted octanol–water partition coefficient (Wildman–Crippen LogP) is 1.41. The molecular weight excluding hydrogens is 292 g/mol. The van der Waals surface area contributed by atoms with Gasteiger partial charge in [0.15, 0.2) is 0 Å². The highest BCUT2D eigenvalue weighted by Crippen LogP contribution is 2.25. The first-order valence-corrected chi connectivity index (χ1v) is 8.24. The van der Waals surface area contributed by atoms with Crippen LogP contribution >= 0.6 is 0 Å². The van der Waals surface area contributed by atoms with Gasteiger partial charge in [-0.05, 0) is 17.0 Å². The molecule has 1 aliphatic rings. The second kappa shape index (κ2) is 7.90. The molecule has 23 heavy (non-hydrogen) atoms. The van der Waals surface area contributed by atoms with Crippen molar-refractivity contribution in [1.82, 2.24) is 10.2 Å². The molecule has 5 nitrogen and oxygen atoms in total. The number of hydrogen-bond donors (Lipinski definition) is 2. The highest BCUT2D eigenvalue weighted by Gasteiger charge is 2.22. The van der Waals surface area contributed by atoms with Gasteiger partial charge in [0.2, 0.25) is 0 Å². The number of carbonyl (C=O) groups excluding carboxylic acids is 1. The van der Waals surface area contributed by atoms with Crippen LogP contribution in [0.1, 0.15) is 36.7 Å². The van der Waals surface area contributed by atoms with E-state index in [0.717, 1.165) is 18.7 Å². The molecule has 0 aliphatic carbocycles. The van der Waals surface area contributed by atoms with Crippen molar-refractivity contribution in [3.63, 3.8) is 0 Å². The summed E-state index contributed by atoms with van der Waals surface area (Å²) in [5, 5.41) is 13.0. The van der Waals surface area contributed by atoms with Gasteiger partial charge in [0.25, 0.3) is 5.91 Å². The van der Waals surface area contributed by atoms with E-state index in [-0.39, 0.29) is 17.9 Å². The molecule has 1 aliphatic heterocycles. The van der Waals surface area contributed by atoms with E-state index in [1.807, 2.05) is 24.3 Å². The van der Waals surface area contributed by atoms with E-state index in [9.17, 15) is 9.90 Å². The van der Waals surface area contributed by atoms with Crippen molar-refractivity contribution in [3.8, 4) is 0 Å². The van der Waals surface area contributed by atoms with Crippen LogP contribution in [0.25, 0.3) is 0 Å². The highest BCUT2D eigenvalue weighted by atomic mass is 16.5. The standard InChI is InChI=1S/C18H28N2O3/c1-18(2,3)16-7-5-4-6-15(16)17(22)19-12-14(21)13-20-8-10-23-11-9-20/h4-7,14,21H,8-13H2,1-3H3,(H,19,22). The molecule has 2 rings (SSSR count). The SMILES string of the molecule is CC(C)(C)c1ccccc1C(=O)NCC(O)CN1CCOCC1. The quantitative estimate of drug-likeness (QED) is 0.861. The summed E-state index contributed by atoms with van der Waals surface area (Å²) in [5.74, 6) is -0.128. The first kappa shape index (κ1) is 17.9. The summed E-state index contributed by atoms with van der Waals surface area (Å²) in [6, 6.07) is 7.64. The minimum Gasteiger partial charge on any atom is -0.390 e. The van der Waals surface area contributed by atoms with Crippen molar-refractivity contribution in [2.24, 2.45) is 0 Å². The fourth-order valence-electron chi connectivity index (χ4n) is 2.79. The van der Waals surface area contributed by atoms with Gasteiger partial charge in [0.05, 0.1) is 19.3 Å². The maximum atomic E-state index is 12.5. The van der Waals surface area contributed by atoms with E-state index in [0.29, 0.717) is 25.3 Å². The lowest BCUT2D eigenvalue weighted by Gasteiger charge is -2.28. The average Bonchev–Trinajstić information content (AvgIpc) is 2.53. The summed E-state index contributed by atoms with van der Waals surface area (Å²) in [6.07, 6.45) is -0.571. The van der Waals surface area contributed by atoms with Crippen LogP contribution in [-0.2, 0) is 10.2 Å². The van der Waals surface area contributed by atoms with Gasteiger partial charge >= 0.3 is 0 Å². The van der Waals surface area contributed by atoms with Crippen LogP contribution in [0, 0.1) is 0 Å². The van der Waals surface area contributed by atoms with Crippen molar-refractivity contribution < 1.29 is 14.6 Å². The summed E-state index contributed by atoms with van der Waals surface area (Å²) in [6.45, 7) is 10.2. The summed E-state index contributed by atoms with van der Waals surface area (Å²) in [4.78, 5) is 14.6. The van der Waals surface area contributed by atoms with Crippen LogP contribution in [0.2, 0.25) is 0 Å². The molecule has 1 unspecified atom stereocenters. The van der Waals surface area contributed by atoms with E-state index in [2.05, 4.69) is 31.0 Å². The van der Waals surface area contributed by atoms with Crippen molar-refractivity contribution in [3.05, 3.63) is 35.4 Å². The Balaban J connectivity index is 1.89. The smallest absolute Gasteiger partial charge is 0.251 e. The molecule has 0 spiro atoms. The number of benzene rings is 1. The fourth-order valence-corrected chi connectivity index (χ4v) is 2.79. The van der Waals surface area contributed by atoms with Gasteiger partial charge in [-0.3, -0.25) is 9.69 Å². The second-order valence-corrected chi connectivity index (χ2v) is 7.07. The lowest BCUT2D eigenvalue weighted by molar-refractivity contribution is 0.0149. The zero-order chi connectivity index (χ0) is 16.9. The number of carbonyl (C=O) groups is 1. The number of hydrogen-bond acceptors (Lipinski definition) is 4. The Kier molecular flexibility index (Phi) is 6.16. The van der Waals surface area contributed by atoms with E-state index in [4.69, 9.17) is 4.74 Å². The minimum absolute atomic E-state index is 0.0969. The van der Waals surface area contributed by atoms with Crippen LogP contribution in [0.3, 0.4) is 0 Å². The Hall–Kier alpha value is -1.43. The van der Waals surface area contributed by atoms with E-state index >= 15 is 0 Å². The maximum Gasteiger partial charge on any atom is 0.251 e. The van der Waals surface area contributed by atoms with E-state index in [1.165, 1.54) is 0 Å². The summed E-state index contributed by atoms with van der Waals surface area (Å²) < 4.78 is 5.29. The van der Waals surface area contributed by atoms with Crippen LogP contribution in [0.4, 0.5) is 0 Å². The Morgan fingerprint density at radius 1 is 1.30 bits per heavy atom. The third-order valence-electron chi connectivity index (χ3n) is 4.05. The van der Waals surface area contributed by atoms with Gasteiger partial charge in [-0.25, -0.2) is 0 Å². The summed E-state index contributed by atoms with van der Waals surface area (Å²) in [7, 11) is 0. The fraction of sp³-hybridized carbons (Fsp3) is 0.611. The van der Waals surface area contributed by atoms with Gasteiger partial charge < -0.3 is 15.2 Å². The lowest BCUT2D eigenvalue weighted by Crippen LogP contribution is -2.44. The van der Waals surface area contributed by atoms with Crippen molar-refractivity contribution >= 4 is 5.91 Å². The minimum atomic E-state index is -0.571. The van der Waals surface area contributed by atoms with Gasteiger partial charge in [-0.15, -0.1) is 0 Å². The number of nitrogens with one attached hydrogen (secondary N) is 1.